The number of amides is 1. The summed E-state index contributed by atoms with van der Waals surface area (Å²) < 4.78 is 11.9. The topological polar surface area (TPSA) is 64.4 Å². The van der Waals surface area contributed by atoms with Crippen molar-refractivity contribution < 1.29 is 14.1 Å². The third kappa shape index (κ3) is 4.52. The third-order valence-electron chi connectivity index (χ3n) is 3.77. The predicted molar refractivity (Wildman–Crippen MR) is 104 cm³/mol. The van der Waals surface area contributed by atoms with Crippen LogP contribution in [-0.4, -0.2) is 17.2 Å². The van der Waals surface area contributed by atoms with Crippen LogP contribution in [0.2, 0.25) is 0 Å². The Morgan fingerprint density at radius 1 is 1.12 bits per heavy atom. The second-order valence-electron chi connectivity index (χ2n) is 6.16. The number of aryl methyl sites for hydroxylation is 2. The maximum absolute atomic E-state index is 12.3. The van der Waals surface area contributed by atoms with Crippen molar-refractivity contribution in [2.75, 3.05) is 5.32 Å². The molecule has 26 heavy (non-hydrogen) atoms. The molecule has 1 amide bonds. The Morgan fingerprint density at radius 2 is 1.77 bits per heavy atom. The van der Waals surface area contributed by atoms with Crippen LogP contribution >= 0.6 is 15.9 Å². The van der Waals surface area contributed by atoms with E-state index in [0.717, 1.165) is 21.2 Å². The number of ether oxygens (including phenoxy) is 1. The molecule has 0 bridgehead atoms. The Kier molecular flexibility index (Phi) is 5.42. The summed E-state index contributed by atoms with van der Waals surface area (Å²) in [6.07, 6.45) is -0.669. The van der Waals surface area contributed by atoms with Gasteiger partial charge in [-0.2, -0.15) is 0 Å². The van der Waals surface area contributed by atoms with Crippen LogP contribution < -0.4 is 10.1 Å². The second-order valence-corrected chi connectivity index (χ2v) is 7.07. The van der Waals surface area contributed by atoms with Gasteiger partial charge in [-0.25, -0.2) is 0 Å². The molecule has 3 rings (SSSR count). The maximum atomic E-state index is 12.3. The molecule has 1 atom stereocenters. The number of anilines is 1. The molecule has 3 aromatic rings. The minimum atomic E-state index is -0.669. The molecule has 6 heteroatoms. The van der Waals surface area contributed by atoms with Crippen molar-refractivity contribution in [3.8, 4) is 17.0 Å². The van der Waals surface area contributed by atoms with Gasteiger partial charge < -0.3 is 9.26 Å². The minimum absolute atomic E-state index is 0.281. The third-order valence-corrected chi connectivity index (χ3v) is 4.30. The monoisotopic (exact) mass is 414 g/mol. The van der Waals surface area contributed by atoms with Gasteiger partial charge in [0, 0.05) is 16.1 Å². The van der Waals surface area contributed by atoms with E-state index in [1.54, 1.807) is 13.0 Å². The summed E-state index contributed by atoms with van der Waals surface area (Å²) in [5.41, 5.74) is 3.72. The number of rotatable bonds is 5. The molecule has 2 aromatic carbocycles. The number of carbonyl (C=O) groups is 1. The number of hydrogen-bond acceptors (Lipinski definition) is 4. The minimum Gasteiger partial charge on any atom is -0.481 e. The van der Waals surface area contributed by atoms with Crippen LogP contribution in [0.25, 0.3) is 11.3 Å². The Balaban J connectivity index is 1.65. The average molecular weight is 415 g/mol. The molecule has 1 N–H and O–H groups in total. The highest BCUT2D eigenvalue weighted by Gasteiger charge is 2.17. The van der Waals surface area contributed by atoms with Crippen LogP contribution in [0.3, 0.4) is 0 Å². The molecule has 0 aliphatic rings. The van der Waals surface area contributed by atoms with Gasteiger partial charge in [0.2, 0.25) is 5.88 Å². The van der Waals surface area contributed by atoms with E-state index in [2.05, 4.69) is 32.5 Å². The van der Waals surface area contributed by atoms with Gasteiger partial charge in [-0.1, -0.05) is 39.3 Å². The molecule has 0 aliphatic carbocycles. The van der Waals surface area contributed by atoms with E-state index in [1.165, 1.54) is 0 Å². The van der Waals surface area contributed by atoms with Gasteiger partial charge in [0.25, 0.3) is 5.91 Å². The molecule has 0 radical (unpaired) electrons. The fourth-order valence-electron chi connectivity index (χ4n) is 2.57. The van der Waals surface area contributed by atoms with E-state index >= 15 is 0 Å². The lowest BCUT2D eigenvalue weighted by Crippen LogP contribution is -2.30. The standard InChI is InChI=1S/C20H19BrN2O3/c1-12-8-13(2)10-17(9-12)25-14(3)20(24)22-19-11-18(23-26-19)15-4-6-16(21)7-5-15/h4-11,14H,1-3H3,(H,22,24)/t14-/m0/s1. The molecular formula is C20H19BrN2O3. The molecule has 0 spiro atoms. The van der Waals surface area contributed by atoms with Crippen LogP contribution in [0, 0.1) is 13.8 Å². The molecule has 0 saturated heterocycles. The normalized spacial score (nSPS) is 11.8. The van der Waals surface area contributed by atoms with Crippen LogP contribution in [0.5, 0.6) is 5.75 Å². The number of halogens is 1. The molecule has 0 aliphatic heterocycles. The lowest BCUT2D eigenvalue weighted by atomic mass is 10.1. The van der Waals surface area contributed by atoms with Gasteiger partial charge in [-0.3, -0.25) is 10.1 Å². The molecule has 5 nitrogen and oxygen atoms in total. The second kappa shape index (κ2) is 7.74. The SMILES string of the molecule is Cc1cc(C)cc(O[C@@H](C)C(=O)Nc2cc(-c3ccc(Br)cc3)no2)c1. The Hall–Kier alpha value is -2.60. The first-order chi connectivity index (χ1) is 12.4. The fraction of sp³-hybridized carbons (Fsp3) is 0.200. The summed E-state index contributed by atoms with van der Waals surface area (Å²) in [5.74, 6) is 0.643. The van der Waals surface area contributed by atoms with Gasteiger partial charge >= 0.3 is 0 Å². The summed E-state index contributed by atoms with van der Waals surface area (Å²) in [7, 11) is 0. The van der Waals surface area contributed by atoms with Gasteiger partial charge in [-0.05, 0) is 56.2 Å². The highest BCUT2D eigenvalue weighted by molar-refractivity contribution is 9.10. The van der Waals surface area contributed by atoms with Gasteiger partial charge in [-0.15, -0.1) is 0 Å². The molecule has 1 heterocycles. The molecule has 0 unspecified atom stereocenters. The summed E-state index contributed by atoms with van der Waals surface area (Å²) in [6, 6.07) is 15.2. The zero-order valence-electron chi connectivity index (χ0n) is 14.7. The van der Waals surface area contributed by atoms with Crippen molar-refractivity contribution in [3.63, 3.8) is 0 Å². The van der Waals surface area contributed by atoms with Gasteiger partial charge in [0.15, 0.2) is 6.10 Å². The van der Waals surface area contributed by atoms with Gasteiger partial charge in [0.05, 0.1) is 0 Å². The highest BCUT2D eigenvalue weighted by Crippen LogP contribution is 2.24. The van der Waals surface area contributed by atoms with E-state index in [1.807, 2.05) is 50.2 Å². The van der Waals surface area contributed by atoms with E-state index in [4.69, 9.17) is 9.26 Å². The maximum Gasteiger partial charge on any atom is 0.267 e. The lowest BCUT2D eigenvalue weighted by Gasteiger charge is -2.14. The number of nitrogens with one attached hydrogen (secondary N) is 1. The van der Waals surface area contributed by atoms with E-state index < -0.39 is 6.10 Å². The van der Waals surface area contributed by atoms with E-state index in [0.29, 0.717) is 11.4 Å². The fourth-order valence-corrected chi connectivity index (χ4v) is 2.84. The van der Waals surface area contributed by atoms with Crippen LogP contribution in [-0.2, 0) is 4.79 Å². The molecule has 134 valence electrons. The largest absolute Gasteiger partial charge is 0.481 e. The van der Waals surface area contributed by atoms with E-state index in [-0.39, 0.29) is 11.8 Å². The van der Waals surface area contributed by atoms with Crippen LogP contribution in [0.1, 0.15) is 18.1 Å². The zero-order valence-corrected chi connectivity index (χ0v) is 16.3. The number of benzene rings is 2. The summed E-state index contributed by atoms with van der Waals surface area (Å²) in [5, 5.41) is 6.68. The number of carbonyl (C=O) groups excluding carboxylic acids is 1. The number of aromatic nitrogens is 1. The molecule has 0 fully saturated rings. The molecular weight excluding hydrogens is 396 g/mol. The Bertz CT molecular complexity index is 899. The zero-order chi connectivity index (χ0) is 18.7. The highest BCUT2D eigenvalue weighted by atomic mass is 79.9. The van der Waals surface area contributed by atoms with Crippen molar-refractivity contribution >= 4 is 27.7 Å². The van der Waals surface area contributed by atoms with E-state index in [9.17, 15) is 4.79 Å². The smallest absolute Gasteiger partial charge is 0.267 e. The molecule has 1 aromatic heterocycles. The summed E-state index contributed by atoms with van der Waals surface area (Å²) in [6.45, 7) is 5.67. The first-order valence-corrected chi connectivity index (χ1v) is 8.98. The van der Waals surface area contributed by atoms with Crippen LogP contribution in [0.4, 0.5) is 5.88 Å². The average Bonchev–Trinajstić information content (AvgIpc) is 3.03. The summed E-state index contributed by atoms with van der Waals surface area (Å²) >= 11 is 3.39. The number of hydrogen-bond donors (Lipinski definition) is 1. The number of nitrogens with zero attached hydrogens (tertiary/aromatic N) is 1. The predicted octanol–water partition coefficient (Wildman–Crippen LogP) is 5.13. The van der Waals surface area contributed by atoms with Crippen molar-refractivity contribution in [2.45, 2.75) is 26.9 Å². The van der Waals surface area contributed by atoms with Crippen molar-refractivity contribution in [1.82, 2.24) is 5.16 Å². The first-order valence-electron chi connectivity index (χ1n) is 8.19. The Morgan fingerprint density at radius 3 is 2.42 bits per heavy atom. The van der Waals surface area contributed by atoms with Crippen molar-refractivity contribution in [3.05, 3.63) is 64.1 Å². The van der Waals surface area contributed by atoms with Gasteiger partial charge in [0.1, 0.15) is 11.4 Å². The quantitative estimate of drug-likeness (QED) is 0.628. The lowest BCUT2D eigenvalue weighted by molar-refractivity contribution is -0.122. The van der Waals surface area contributed by atoms with Crippen LogP contribution in [0.15, 0.2) is 57.5 Å². The van der Waals surface area contributed by atoms with Crippen molar-refractivity contribution in [2.24, 2.45) is 0 Å². The summed E-state index contributed by atoms with van der Waals surface area (Å²) in [4.78, 5) is 12.3. The van der Waals surface area contributed by atoms with Crippen molar-refractivity contribution in [1.29, 1.82) is 0 Å². The Labute approximate surface area is 160 Å². The molecule has 0 saturated carbocycles. The first kappa shape index (κ1) is 18.2.